The molecule has 2 aromatic rings. The number of imidazole rings is 1. The van der Waals surface area contributed by atoms with Crippen LogP contribution in [0.3, 0.4) is 0 Å². The van der Waals surface area contributed by atoms with E-state index >= 15 is 0 Å². The lowest BCUT2D eigenvalue weighted by Crippen LogP contribution is -2.38. The normalized spacial score (nSPS) is 16.2. The summed E-state index contributed by atoms with van der Waals surface area (Å²) >= 11 is 0. The van der Waals surface area contributed by atoms with E-state index in [2.05, 4.69) is 47.7 Å². The Kier molecular flexibility index (Phi) is 8.82. The quantitative estimate of drug-likeness (QED) is 0.720. The van der Waals surface area contributed by atoms with Crippen LogP contribution in [0.1, 0.15) is 45.5 Å². The monoisotopic (exact) mass is 418 g/mol. The van der Waals surface area contributed by atoms with Crippen LogP contribution in [0.15, 0.2) is 12.1 Å². The predicted molar refractivity (Wildman–Crippen MR) is 122 cm³/mol. The van der Waals surface area contributed by atoms with Gasteiger partial charge in [0, 0.05) is 49.9 Å². The number of aryl methyl sites for hydroxylation is 1. The van der Waals surface area contributed by atoms with E-state index in [-0.39, 0.29) is 11.5 Å². The number of aliphatic hydroxyl groups is 1. The summed E-state index contributed by atoms with van der Waals surface area (Å²) in [5.74, 6) is 1.13. The number of hydrogen-bond donors (Lipinski definition) is 2. The van der Waals surface area contributed by atoms with Crippen molar-refractivity contribution in [2.24, 2.45) is 0 Å². The van der Waals surface area contributed by atoms with Crippen LogP contribution in [0.5, 0.6) is 0 Å². The van der Waals surface area contributed by atoms with Crippen LogP contribution in [-0.4, -0.2) is 72.3 Å². The Morgan fingerprint density at radius 3 is 2.47 bits per heavy atom. The minimum absolute atomic E-state index is 0.0363. The summed E-state index contributed by atoms with van der Waals surface area (Å²) in [6.45, 7) is 16.1. The largest absolute Gasteiger partial charge is 0.393 e. The first-order valence-electron chi connectivity index (χ1n) is 10.8. The molecule has 1 aliphatic heterocycles. The molecule has 7 nitrogen and oxygen atoms in total. The first-order chi connectivity index (χ1) is 14.3. The van der Waals surface area contributed by atoms with Crippen molar-refractivity contribution in [3.8, 4) is 0 Å². The van der Waals surface area contributed by atoms with Crippen molar-refractivity contribution in [2.45, 2.75) is 58.6 Å². The second kappa shape index (κ2) is 10.9. The number of nitrogens with one attached hydrogen (secondary N) is 1. The van der Waals surface area contributed by atoms with Crippen molar-refractivity contribution in [2.75, 3.05) is 45.2 Å². The zero-order valence-electron chi connectivity index (χ0n) is 19.2. The summed E-state index contributed by atoms with van der Waals surface area (Å²) in [5, 5.41) is 13.1. The van der Waals surface area contributed by atoms with E-state index in [1.54, 1.807) is 0 Å². The Balaban J connectivity index is 0.00000155. The molecule has 1 aromatic carbocycles. The van der Waals surface area contributed by atoms with Gasteiger partial charge in [-0.15, -0.1) is 0 Å². The summed E-state index contributed by atoms with van der Waals surface area (Å²) < 4.78 is 7.88. The van der Waals surface area contributed by atoms with Gasteiger partial charge in [0.15, 0.2) is 0 Å². The molecule has 1 aromatic heterocycles. The topological polar surface area (TPSA) is 79.6 Å². The zero-order valence-corrected chi connectivity index (χ0v) is 19.2. The van der Waals surface area contributed by atoms with Gasteiger partial charge in [0.25, 0.3) is 0 Å². The maximum Gasteiger partial charge on any atom is 0.115 e. The van der Waals surface area contributed by atoms with Gasteiger partial charge < -0.3 is 24.5 Å². The van der Waals surface area contributed by atoms with Gasteiger partial charge in [0.05, 0.1) is 30.4 Å². The molecular weight excluding hydrogens is 380 g/mol. The molecule has 7 heteroatoms. The van der Waals surface area contributed by atoms with Crippen LogP contribution in [0, 0.1) is 0 Å². The maximum absolute atomic E-state index is 9.81. The fourth-order valence-corrected chi connectivity index (χ4v) is 3.95. The third-order valence-electron chi connectivity index (χ3n) is 5.52. The van der Waals surface area contributed by atoms with Crippen molar-refractivity contribution in [3.63, 3.8) is 0 Å². The molecular formula is C23H38N4O3. The van der Waals surface area contributed by atoms with Gasteiger partial charge in [-0.05, 0) is 31.9 Å². The molecule has 2 heterocycles. The third kappa shape index (κ3) is 5.80. The lowest BCUT2D eigenvalue weighted by molar-refractivity contribution is -0.0980. The van der Waals surface area contributed by atoms with Gasteiger partial charge in [-0.2, -0.15) is 0 Å². The second-order valence-electron chi connectivity index (χ2n) is 8.89. The SMILES string of the molecule is C=O.CNc1ccc2c(nc(C(C)(C)C)n2CCN2CCOCC2)c1CCC(C)O. The summed E-state index contributed by atoms with van der Waals surface area (Å²) in [4.78, 5) is 15.6. The van der Waals surface area contributed by atoms with Crippen LogP contribution in [0.2, 0.25) is 0 Å². The Hall–Kier alpha value is -1.96. The number of morpholine rings is 1. The average molecular weight is 419 g/mol. The van der Waals surface area contributed by atoms with Crippen LogP contribution < -0.4 is 5.32 Å². The first-order valence-corrected chi connectivity index (χ1v) is 10.8. The smallest absolute Gasteiger partial charge is 0.115 e. The number of carbonyl (C=O) groups excluding carboxylic acids is 1. The summed E-state index contributed by atoms with van der Waals surface area (Å²) in [7, 11) is 1.95. The first kappa shape index (κ1) is 24.3. The number of nitrogens with zero attached hydrogens (tertiary/aromatic N) is 3. The number of anilines is 1. The van der Waals surface area contributed by atoms with Crippen LogP contribution in [-0.2, 0) is 27.9 Å². The van der Waals surface area contributed by atoms with Gasteiger partial charge in [0.1, 0.15) is 12.6 Å². The van der Waals surface area contributed by atoms with Crippen LogP contribution in [0.25, 0.3) is 11.0 Å². The molecule has 1 saturated heterocycles. The lowest BCUT2D eigenvalue weighted by atomic mass is 9.95. The molecule has 1 fully saturated rings. The van der Waals surface area contributed by atoms with Crippen molar-refractivity contribution in [1.29, 1.82) is 0 Å². The minimum Gasteiger partial charge on any atom is -0.393 e. The molecule has 1 aliphatic rings. The molecule has 0 aliphatic carbocycles. The summed E-state index contributed by atoms with van der Waals surface area (Å²) in [6, 6.07) is 4.34. The third-order valence-corrected chi connectivity index (χ3v) is 5.52. The Labute approximate surface area is 180 Å². The number of benzene rings is 1. The van der Waals surface area contributed by atoms with E-state index in [0.717, 1.165) is 69.3 Å². The number of rotatable bonds is 7. The Bertz CT molecular complexity index is 805. The van der Waals surface area contributed by atoms with Gasteiger partial charge in [-0.25, -0.2) is 4.98 Å². The van der Waals surface area contributed by atoms with E-state index in [1.165, 1.54) is 11.1 Å². The number of aromatic nitrogens is 2. The predicted octanol–water partition coefficient (Wildman–Crippen LogP) is 2.84. The highest BCUT2D eigenvalue weighted by atomic mass is 16.5. The van der Waals surface area contributed by atoms with E-state index < -0.39 is 0 Å². The standard InChI is InChI=1S/C22H36N4O2.CH2O/c1-16(27)6-7-17-18(23-5)8-9-19-20(17)24-21(22(2,3)4)26(19)11-10-25-12-14-28-15-13-25;1-2/h8-9,16,23,27H,6-7,10-15H2,1-5H3;1H2. The maximum atomic E-state index is 9.81. The van der Waals surface area contributed by atoms with Crippen molar-refractivity contribution in [3.05, 3.63) is 23.5 Å². The van der Waals surface area contributed by atoms with Gasteiger partial charge in [0.2, 0.25) is 0 Å². The molecule has 3 rings (SSSR count). The molecule has 30 heavy (non-hydrogen) atoms. The highest BCUT2D eigenvalue weighted by Gasteiger charge is 2.25. The number of hydrogen-bond acceptors (Lipinski definition) is 6. The van der Waals surface area contributed by atoms with Gasteiger partial charge >= 0.3 is 0 Å². The van der Waals surface area contributed by atoms with Crippen LogP contribution in [0.4, 0.5) is 5.69 Å². The molecule has 1 unspecified atom stereocenters. The average Bonchev–Trinajstić information content (AvgIpc) is 3.12. The molecule has 1 atom stereocenters. The fourth-order valence-electron chi connectivity index (χ4n) is 3.95. The fraction of sp³-hybridized carbons (Fsp3) is 0.652. The highest BCUT2D eigenvalue weighted by molar-refractivity contribution is 5.85. The molecule has 168 valence electrons. The second-order valence-corrected chi connectivity index (χ2v) is 8.89. The van der Waals surface area contributed by atoms with E-state index in [4.69, 9.17) is 14.5 Å². The van der Waals surface area contributed by atoms with Gasteiger partial charge in [-0.1, -0.05) is 20.8 Å². The molecule has 2 N–H and O–H groups in total. The summed E-state index contributed by atoms with van der Waals surface area (Å²) in [5.41, 5.74) is 4.53. The van der Waals surface area contributed by atoms with Crippen LogP contribution >= 0.6 is 0 Å². The van der Waals surface area contributed by atoms with E-state index in [1.807, 2.05) is 20.8 Å². The van der Waals surface area contributed by atoms with Crippen molar-refractivity contribution >= 4 is 23.5 Å². The number of carbonyl (C=O) groups is 1. The minimum atomic E-state index is -0.314. The van der Waals surface area contributed by atoms with E-state index in [9.17, 15) is 5.11 Å². The van der Waals surface area contributed by atoms with Gasteiger partial charge in [-0.3, -0.25) is 4.90 Å². The molecule has 0 radical (unpaired) electrons. The Morgan fingerprint density at radius 2 is 1.90 bits per heavy atom. The van der Waals surface area contributed by atoms with E-state index in [0.29, 0.717) is 0 Å². The number of fused-ring (bicyclic) bond motifs is 1. The molecule has 0 bridgehead atoms. The number of aliphatic hydroxyl groups excluding tert-OH is 1. The van der Waals surface area contributed by atoms with Crippen molar-refractivity contribution < 1.29 is 14.6 Å². The number of ether oxygens (including phenoxy) is 1. The van der Waals surface area contributed by atoms with Crippen molar-refractivity contribution in [1.82, 2.24) is 14.5 Å². The summed E-state index contributed by atoms with van der Waals surface area (Å²) in [6.07, 6.45) is 1.24. The highest BCUT2D eigenvalue weighted by Crippen LogP contribution is 2.32. The zero-order chi connectivity index (χ0) is 22.3. The lowest BCUT2D eigenvalue weighted by Gasteiger charge is -2.28. The molecule has 0 spiro atoms. The molecule has 0 saturated carbocycles. The Morgan fingerprint density at radius 1 is 1.23 bits per heavy atom. The molecule has 0 amide bonds.